The van der Waals surface area contributed by atoms with E-state index in [1.165, 1.54) is 0 Å². The van der Waals surface area contributed by atoms with Crippen molar-refractivity contribution in [1.82, 2.24) is 20.8 Å². The summed E-state index contributed by atoms with van der Waals surface area (Å²) in [5.74, 6) is 2.41. The van der Waals surface area contributed by atoms with Crippen LogP contribution < -0.4 is 10.6 Å². The van der Waals surface area contributed by atoms with Crippen molar-refractivity contribution < 1.29 is 14.0 Å². The summed E-state index contributed by atoms with van der Waals surface area (Å²) in [5.41, 5.74) is 0. The van der Waals surface area contributed by atoms with Gasteiger partial charge in [0.1, 0.15) is 0 Å². The Kier molecular flexibility index (Phi) is 8.14. The predicted octanol–water partition coefficient (Wildman–Crippen LogP) is 1.48. The Hall–Kier alpha value is -1.67. The van der Waals surface area contributed by atoms with Crippen LogP contribution in [0.3, 0.4) is 0 Å². The van der Waals surface area contributed by atoms with E-state index in [4.69, 9.17) is 14.0 Å². The molecule has 1 aliphatic heterocycles. The molecule has 1 fully saturated rings. The number of hydrogen-bond donors (Lipinski definition) is 2. The highest BCUT2D eigenvalue weighted by molar-refractivity contribution is 5.80. The van der Waals surface area contributed by atoms with Crippen LogP contribution in [0.15, 0.2) is 9.52 Å². The van der Waals surface area contributed by atoms with E-state index in [2.05, 4.69) is 32.7 Å². The lowest BCUT2D eigenvalue weighted by Gasteiger charge is -2.19. The average molecular weight is 353 g/mol. The van der Waals surface area contributed by atoms with Crippen molar-refractivity contribution >= 4 is 5.96 Å². The van der Waals surface area contributed by atoms with Gasteiger partial charge in [-0.2, -0.15) is 4.98 Å². The van der Waals surface area contributed by atoms with E-state index in [-0.39, 0.29) is 18.1 Å². The molecular formula is C17H31N5O3. The molecule has 2 unspecified atom stereocenters. The van der Waals surface area contributed by atoms with E-state index in [1.54, 1.807) is 0 Å². The van der Waals surface area contributed by atoms with Gasteiger partial charge in [0.05, 0.1) is 25.9 Å². The van der Waals surface area contributed by atoms with Crippen LogP contribution in [0.1, 0.15) is 51.7 Å². The molecule has 0 bridgehead atoms. The molecule has 1 aromatic heterocycles. The van der Waals surface area contributed by atoms with Crippen molar-refractivity contribution in [3.05, 3.63) is 11.7 Å². The molecule has 8 heteroatoms. The second-order valence-electron chi connectivity index (χ2n) is 6.58. The third kappa shape index (κ3) is 6.99. The Morgan fingerprint density at radius 3 is 2.88 bits per heavy atom. The maximum absolute atomic E-state index is 5.84. The number of guanidine groups is 1. The number of aliphatic imine (C=N–C) groups is 1. The molecule has 0 aromatic carbocycles. The van der Waals surface area contributed by atoms with Gasteiger partial charge >= 0.3 is 0 Å². The van der Waals surface area contributed by atoms with Gasteiger partial charge in [-0.1, -0.05) is 19.0 Å². The summed E-state index contributed by atoms with van der Waals surface area (Å²) >= 11 is 0. The Labute approximate surface area is 149 Å². The highest BCUT2D eigenvalue weighted by Crippen LogP contribution is 2.10. The maximum atomic E-state index is 5.84. The summed E-state index contributed by atoms with van der Waals surface area (Å²) in [5, 5.41) is 10.6. The van der Waals surface area contributed by atoms with Gasteiger partial charge in [0.15, 0.2) is 11.8 Å². The minimum atomic E-state index is 0.161. The fourth-order valence-electron chi connectivity index (χ4n) is 2.39. The highest BCUT2D eigenvalue weighted by atomic mass is 16.5. The van der Waals surface area contributed by atoms with Crippen molar-refractivity contribution in [2.75, 3.05) is 32.9 Å². The highest BCUT2D eigenvalue weighted by Gasteiger charge is 2.17. The summed E-state index contributed by atoms with van der Waals surface area (Å²) in [6.45, 7) is 11.7. The Morgan fingerprint density at radius 1 is 1.40 bits per heavy atom. The molecule has 0 radical (unpaired) electrons. The standard InChI is InChI=1S/C17H31N5O3/c1-5-18-17(20-13(4)10-24-14-7-9-23-11-14)19-8-6-15-21-16(12(2)3)22-25-15/h12-14H,5-11H2,1-4H3,(H2,18,19,20). The lowest BCUT2D eigenvalue weighted by molar-refractivity contribution is 0.0347. The van der Waals surface area contributed by atoms with Crippen LogP contribution in [0.2, 0.25) is 0 Å². The van der Waals surface area contributed by atoms with E-state index in [9.17, 15) is 0 Å². The molecule has 8 nitrogen and oxygen atoms in total. The zero-order chi connectivity index (χ0) is 18.1. The molecule has 0 saturated carbocycles. The summed E-state index contributed by atoms with van der Waals surface area (Å²) in [4.78, 5) is 8.94. The molecule has 0 aliphatic carbocycles. The van der Waals surface area contributed by atoms with Gasteiger partial charge in [0, 0.05) is 31.5 Å². The Bertz CT molecular complexity index is 526. The van der Waals surface area contributed by atoms with Gasteiger partial charge in [-0.15, -0.1) is 0 Å². The van der Waals surface area contributed by atoms with Gasteiger partial charge in [0.25, 0.3) is 0 Å². The first-order chi connectivity index (χ1) is 12.1. The number of aromatic nitrogens is 2. The number of hydrogen-bond acceptors (Lipinski definition) is 6. The fraction of sp³-hybridized carbons (Fsp3) is 0.824. The van der Waals surface area contributed by atoms with Crippen molar-refractivity contribution in [3.8, 4) is 0 Å². The largest absolute Gasteiger partial charge is 0.379 e. The minimum absolute atomic E-state index is 0.161. The summed E-state index contributed by atoms with van der Waals surface area (Å²) in [6.07, 6.45) is 1.82. The molecule has 142 valence electrons. The van der Waals surface area contributed by atoms with Crippen LogP contribution in [-0.2, 0) is 15.9 Å². The Morgan fingerprint density at radius 2 is 2.24 bits per heavy atom. The van der Waals surface area contributed by atoms with Crippen molar-refractivity contribution in [2.45, 2.75) is 58.6 Å². The molecule has 2 atom stereocenters. The topological polar surface area (TPSA) is 93.8 Å². The molecular weight excluding hydrogens is 322 g/mol. The van der Waals surface area contributed by atoms with E-state index in [0.29, 0.717) is 32.1 Å². The van der Waals surface area contributed by atoms with Gasteiger partial charge < -0.3 is 24.6 Å². The van der Waals surface area contributed by atoms with E-state index in [1.807, 2.05) is 20.8 Å². The van der Waals surface area contributed by atoms with Gasteiger partial charge in [-0.05, 0) is 20.3 Å². The molecule has 2 heterocycles. The molecule has 1 aliphatic rings. The normalized spacial score (nSPS) is 19.4. The van der Waals surface area contributed by atoms with E-state index >= 15 is 0 Å². The van der Waals surface area contributed by atoms with Crippen LogP contribution in [-0.4, -0.2) is 61.2 Å². The molecule has 1 aromatic rings. The first-order valence-electron chi connectivity index (χ1n) is 9.15. The van der Waals surface area contributed by atoms with Crippen molar-refractivity contribution in [1.29, 1.82) is 0 Å². The first-order valence-corrected chi connectivity index (χ1v) is 9.15. The number of ether oxygens (including phenoxy) is 2. The van der Waals surface area contributed by atoms with Crippen molar-refractivity contribution in [3.63, 3.8) is 0 Å². The van der Waals surface area contributed by atoms with Gasteiger partial charge in [-0.25, -0.2) is 0 Å². The van der Waals surface area contributed by atoms with E-state index < -0.39 is 0 Å². The molecule has 0 amide bonds. The lowest BCUT2D eigenvalue weighted by Crippen LogP contribution is -2.44. The van der Waals surface area contributed by atoms with Crippen LogP contribution in [0.25, 0.3) is 0 Å². The van der Waals surface area contributed by atoms with Crippen LogP contribution >= 0.6 is 0 Å². The fourth-order valence-corrected chi connectivity index (χ4v) is 2.39. The smallest absolute Gasteiger partial charge is 0.228 e. The van der Waals surface area contributed by atoms with Crippen LogP contribution in [0.5, 0.6) is 0 Å². The molecule has 2 N–H and O–H groups in total. The lowest BCUT2D eigenvalue weighted by atomic mass is 10.2. The predicted molar refractivity (Wildman–Crippen MR) is 95.8 cm³/mol. The molecule has 2 rings (SSSR count). The molecule has 0 spiro atoms. The first kappa shape index (κ1) is 19.7. The summed E-state index contributed by atoms with van der Waals surface area (Å²) < 4.78 is 16.4. The third-order valence-corrected chi connectivity index (χ3v) is 3.79. The SMILES string of the molecule is CCNC(=NCCc1nc(C(C)C)no1)NC(C)COC1CCOC1. The third-order valence-electron chi connectivity index (χ3n) is 3.79. The van der Waals surface area contributed by atoms with Crippen molar-refractivity contribution in [2.24, 2.45) is 4.99 Å². The van der Waals surface area contributed by atoms with Gasteiger partial charge in [-0.3, -0.25) is 4.99 Å². The molecule has 25 heavy (non-hydrogen) atoms. The minimum Gasteiger partial charge on any atom is -0.379 e. The van der Waals surface area contributed by atoms with Gasteiger partial charge in [0.2, 0.25) is 5.89 Å². The molecule has 1 saturated heterocycles. The maximum Gasteiger partial charge on any atom is 0.228 e. The zero-order valence-corrected chi connectivity index (χ0v) is 15.7. The quantitative estimate of drug-likeness (QED) is 0.513. The average Bonchev–Trinajstić information content (AvgIpc) is 3.25. The monoisotopic (exact) mass is 353 g/mol. The Balaban J connectivity index is 1.75. The zero-order valence-electron chi connectivity index (χ0n) is 15.7. The van der Waals surface area contributed by atoms with Crippen LogP contribution in [0, 0.1) is 0 Å². The second kappa shape index (κ2) is 10.4. The number of nitrogens with zero attached hydrogens (tertiary/aromatic N) is 3. The second-order valence-corrected chi connectivity index (χ2v) is 6.58. The number of rotatable bonds is 9. The summed E-state index contributed by atoms with van der Waals surface area (Å²) in [6, 6.07) is 0.161. The number of nitrogens with one attached hydrogen (secondary N) is 2. The summed E-state index contributed by atoms with van der Waals surface area (Å²) in [7, 11) is 0. The van der Waals surface area contributed by atoms with E-state index in [0.717, 1.165) is 31.4 Å². The van der Waals surface area contributed by atoms with Crippen LogP contribution in [0.4, 0.5) is 0 Å².